The minimum absolute atomic E-state index is 0.104. The van der Waals surface area contributed by atoms with Crippen LogP contribution in [0.15, 0.2) is 24.7 Å². The number of ether oxygens (including phenoxy) is 3. The highest BCUT2D eigenvalue weighted by Gasteiger charge is 2.31. The molecule has 0 radical (unpaired) electrons. The van der Waals surface area contributed by atoms with Crippen molar-refractivity contribution in [2.75, 3.05) is 27.4 Å². The summed E-state index contributed by atoms with van der Waals surface area (Å²) in [4.78, 5) is 18.5. The number of aromatic nitrogens is 3. The summed E-state index contributed by atoms with van der Waals surface area (Å²) in [6, 6.07) is 1.25. The number of carbonyl (C=O) groups excluding carboxylic acids is 1. The Morgan fingerprint density at radius 2 is 2.13 bits per heavy atom. The van der Waals surface area contributed by atoms with Crippen LogP contribution in [0.1, 0.15) is 50.1 Å². The molecule has 0 bridgehead atoms. The van der Waals surface area contributed by atoms with Gasteiger partial charge in [-0.1, -0.05) is 6.92 Å². The number of esters is 1. The largest absolute Gasteiger partial charge is 0.491 e. The number of nitrogens with zero attached hydrogens (tertiary/aromatic N) is 4. The van der Waals surface area contributed by atoms with Gasteiger partial charge in [0, 0.05) is 31.2 Å². The Bertz CT molecular complexity index is 957. The van der Waals surface area contributed by atoms with Gasteiger partial charge in [-0.3, -0.25) is 4.68 Å². The first-order valence-corrected chi connectivity index (χ1v) is 10.3. The molecule has 0 N–H and O–H groups in total. The molecule has 0 spiro atoms. The Morgan fingerprint density at radius 3 is 2.81 bits per heavy atom. The summed E-state index contributed by atoms with van der Waals surface area (Å²) in [5.41, 5.74) is 0.894. The van der Waals surface area contributed by atoms with E-state index in [1.807, 2.05) is 25.5 Å². The molecule has 1 aliphatic rings. The summed E-state index contributed by atoms with van der Waals surface area (Å²) >= 11 is 0. The third-order valence-corrected chi connectivity index (χ3v) is 5.19. The van der Waals surface area contributed by atoms with E-state index in [4.69, 9.17) is 14.2 Å². The standard InChI is InChI=1S/C22H29FN4O4/c1-6-22(3,23)14-31-20-18(29-5)10-15(11-24-20)12-27-13-16-17(25-27)8-9-26(4)19(16)21(28)30-7-2/h8-11,13,19H,6-7,12,14H2,1-5H3. The molecule has 3 heterocycles. The quantitative estimate of drug-likeness (QED) is 0.562. The third-order valence-electron chi connectivity index (χ3n) is 5.19. The first-order valence-electron chi connectivity index (χ1n) is 10.3. The van der Waals surface area contributed by atoms with Gasteiger partial charge in [0.05, 0.1) is 26.0 Å². The van der Waals surface area contributed by atoms with Gasteiger partial charge >= 0.3 is 5.97 Å². The predicted molar refractivity (Wildman–Crippen MR) is 114 cm³/mol. The minimum atomic E-state index is -1.43. The van der Waals surface area contributed by atoms with Crippen molar-refractivity contribution in [3.05, 3.63) is 41.5 Å². The lowest BCUT2D eigenvalue weighted by Crippen LogP contribution is -2.30. The molecule has 0 fully saturated rings. The van der Waals surface area contributed by atoms with Crippen molar-refractivity contribution in [2.45, 2.75) is 45.4 Å². The van der Waals surface area contributed by atoms with E-state index >= 15 is 0 Å². The number of hydrogen-bond acceptors (Lipinski definition) is 7. The number of rotatable bonds is 9. The molecule has 0 amide bonds. The maximum absolute atomic E-state index is 14.1. The zero-order chi connectivity index (χ0) is 22.6. The van der Waals surface area contributed by atoms with Crippen molar-refractivity contribution >= 4 is 12.0 Å². The molecule has 0 aliphatic carbocycles. The second-order valence-electron chi connectivity index (χ2n) is 7.71. The Balaban J connectivity index is 1.78. The second-order valence-corrected chi connectivity index (χ2v) is 7.71. The van der Waals surface area contributed by atoms with Crippen molar-refractivity contribution in [2.24, 2.45) is 0 Å². The van der Waals surface area contributed by atoms with Crippen LogP contribution >= 0.6 is 0 Å². The molecule has 2 aromatic rings. The van der Waals surface area contributed by atoms with Crippen LogP contribution < -0.4 is 9.47 Å². The Hall–Kier alpha value is -3.10. The Morgan fingerprint density at radius 1 is 1.35 bits per heavy atom. The number of pyridine rings is 1. The molecule has 2 atom stereocenters. The highest BCUT2D eigenvalue weighted by Crippen LogP contribution is 2.31. The molecule has 8 nitrogen and oxygen atoms in total. The fraction of sp³-hybridized carbons (Fsp3) is 0.500. The molecular formula is C22H29FN4O4. The topological polar surface area (TPSA) is 78.7 Å². The van der Waals surface area contributed by atoms with E-state index < -0.39 is 11.7 Å². The minimum Gasteiger partial charge on any atom is -0.491 e. The molecular weight excluding hydrogens is 403 g/mol. The molecule has 3 rings (SSSR count). The molecule has 1 aliphatic heterocycles. The molecule has 31 heavy (non-hydrogen) atoms. The molecule has 168 valence electrons. The molecule has 2 aromatic heterocycles. The van der Waals surface area contributed by atoms with E-state index in [2.05, 4.69) is 10.1 Å². The predicted octanol–water partition coefficient (Wildman–Crippen LogP) is 3.37. The molecule has 0 saturated carbocycles. The average Bonchev–Trinajstić information content (AvgIpc) is 3.14. The summed E-state index contributed by atoms with van der Waals surface area (Å²) in [6.45, 7) is 5.66. The lowest BCUT2D eigenvalue weighted by molar-refractivity contribution is -0.148. The summed E-state index contributed by atoms with van der Waals surface area (Å²) < 4.78 is 32.0. The van der Waals surface area contributed by atoms with Gasteiger partial charge in [0.2, 0.25) is 0 Å². The fourth-order valence-electron chi connectivity index (χ4n) is 3.20. The van der Waals surface area contributed by atoms with E-state index in [-0.39, 0.29) is 18.5 Å². The molecule has 0 aromatic carbocycles. The summed E-state index contributed by atoms with van der Waals surface area (Å²) in [5, 5.41) is 4.58. The molecule has 0 saturated heterocycles. The fourth-order valence-corrected chi connectivity index (χ4v) is 3.20. The SMILES string of the molecule is CCOC(=O)C1c2cn(Cc3cnc(OCC(C)(F)CC)c(OC)c3)nc2C=CN1C. The zero-order valence-corrected chi connectivity index (χ0v) is 18.6. The molecule has 2 unspecified atom stereocenters. The van der Waals surface area contributed by atoms with Crippen LogP contribution in [0.4, 0.5) is 4.39 Å². The number of likely N-dealkylation sites (N-methyl/N-ethyl adjacent to an activating group) is 1. The van der Waals surface area contributed by atoms with Crippen LogP contribution in [-0.4, -0.2) is 58.7 Å². The van der Waals surface area contributed by atoms with Gasteiger partial charge in [0.25, 0.3) is 5.88 Å². The maximum Gasteiger partial charge on any atom is 0.333 e. The van der Waals surface area contributed by atoms with E-state index in [0.29, 0.717) is 25.3 Å². The van der Waals surface area contributed by atoms with Gasteiger partial charge in [0.1, 0.15) is 12.3 Å². The normalized spacial score (nSPS) is 17.1. The number of fused-ring (bicyclic) bond motifs is 1. The van der Waals surface area contributed by atoms with Crippen molar-refractivity contribution in [1.29, 1.82) is 0 Å². The maximum atomic E-state index is 14.1. The number of methoxy groups -OCH3 is 1. The zero-order valence-electron chi connectivity index (χ0n) is 18.6. The van der Waals surface area contributed by atoms with Crippen molar-refractivity contribution in [1.82, 2.24) is 19.7 Å². The van der Waals surface area contributed by atoms with Gasteiger partial charge in [-0.05, 0) is 38.0 Å². The number of halogens is 1. The van der Waals surface area contributed by atoms with Crippen LogP contribution in [0.3, 0.4) is 0 Å². The monoisotopic (exact) mass is 432 g/mol. The first-order chi connectivity index (χ1) is 14.8. The lowest BCUT2D eigenvalue weighted by Gasteiger charge is -2.27. The summed E-state index contributed by atoms with van der Waals surface area (Å²) in [5.74, 6) is 0.354. The van der Waals surface area contributed by atoms with Crippen LogP contribution in [0.2, 0.25) is 0 Å². The average molecular weight is 432 g/mol. The van der Waals surface area contributed by atoms with Gasteiger partial charge in [-0.15, -0.1) is 0 Å². The molecule has 9 heteroatoms. The van der Waals surface area contributed by atoms with Gasteiger partial charge in [-0.2, -0.15) is 5.10 Å². The Labute approximate surface area is 181 Å². The van der Waals surface area contributed by atoms with Crippen LogP contribution in [0.5, 0.6) is 11.6 Å². The van der Waals surface area contributed by atoms with E-state index in [1.165, 1.54) is 14.0 Å². The second kappa shape index (κ2) is 9.36. The van der Waals surface area contributed by atoms with Gasteiger partial charge in [-0.25, -0.2) is 14.2 Å². The summed E-state index contributed by atoms with van der Waals surface area (Å²) in [7, 11) is 3.34. The number of carbonyl (C=O) groups is 1. The third kappa shape index (κ3) is 5.15. The smallest absolute Gasteiger partial charge is 0.333 e. The van der Waals surface area contributed by atoms with Gasteiger partial charge < -0.3 is 19.1 Å². The first kappa shape index (κ1) is 22.6. The van der Waals surface area contributed by atoms with Crippen molar-refractivity contribution in [3.63, 3.8) is 0 Å². The lowest BCUT2D eigenvalue weighted by atomic mass is 10.0. The van der Waals surface area contributed by atoms with E-state index in [0.717, 1.165) is 16.8 Å². The van der Waals surface area contributed by atoms with Gasteiger partial charge in [0.15, 0.2) is 11.8 Å². The van der Waals surface area contributed by atoms with Crippen LogP contribution in [0.25, 0.3) is 6.08 Å². The van der Waals surface area contributed by atoms with Crippen LogP contribution in [-0.2, 0) is 16.1 Å². The van der Waals surface area contributed by atoms with Crippen molar-refractivity contribution < 1.29 is 23.4 Å². The van der Waals surface area contributed by atoms with Crippen molar-refractivity contribution in [3.8, 4) is 11.6 Å². The highest BCUT2D eigenvalue weighted by molar-refractivity contribution is 5.80. The highest BCUT2D eigenvalue weighted by atomic mass is 19.1. The van der Waals surface area contributed by atoms with E-state index in [1.54, 1.807) is 35.7 Å². The number of hydrogen-bond donors (Lipinski definition) is 0. The van der Waals surface area contributed by atoms with E-state index in [9.17, 15) is 9.18 Å². The Kier molecular flexibility index (Phi) is 6.82. The number of alkyl halides is 1. The summed E-state index contributed by atoms with van der Waals surface area (Å²) in [6.07, 6.45) is 7.49. The van der Waals surface area contributed by atoms with Crippen LogP contribution in [0, 0.1) is 0 Å².